The van der Waals surface area contributed by atoms with Gasteiger partial charge in [0.05, 0.1) is 11.4 Å². The molecule has 4 nitrogen and oxygen atoms in total. The summed E-state index contributed by atoms with van der Waals surface area (Å²) < 4.78 is 1.87. The van der Waals surface area contributed by atoms with Crippen LogP contribution in [0.5, 0.6) is 0 Å². The van der Waals surface area contributed by atoms with Gasteiger partial charge in [-0.1, -0.05) is 55.5 Å². The molecule has 0 radical (unpaired) electrons. The summed E-state index contributed by atoms with van der Waals surface area (Å²) in [7, 11) is 0. The largest absolute Gasteiger partial charge is 0.339 e. The van der Waals surface area contributed by atoms with Crippen LogP contribution in [0.25, 0.3) is 23.0 Å². The lowest BCUT2D eigenvalue weighted by atomic mass is 10.0. The standard InChI is InChI=1S/C24H25N3O/c1-19-9-8-16-26(17-19)23(28)15-14-21-18-27(22-12-6-3-7-13-22)25-24(21)20-10-4-2-5-11-20/h2-7,10-15,18-19H,8-9,16-17H2,1H3/b15-14+. The molecule has 0 spiro atoms. The van der Waals surface area contributed by atoms with E-state index in [1.807, 2.05) is 82.5 Å². The predicted molar refractivity (Wildman–Crippen MR) is 113 cm³/mol. The Morgan fingerprint density at radius 1 is 1.07 bits per heavy atom. The molecule has 1 fully saturated rings. The maximum atomic E-state index is 12.7. The minimum atomic E-state index is 0.0815. The second kappa shape index (κ2) is 8.26. The van der Waals surface area contributed by atoms with Crippen molar-refractivity contribution in [3.05, 3.63) is 78.5 Å². The van der Waals surface area contributed by atoms with E-state index in [1.165, 1.54) is 6.42 Å². The van der Waals surface area contributed by atoms with Gasteiger partial charge in [-0.25, -0.2) is 4.68 Å². The highest BCUT2D eigenvalue weighted by molar-refractivity contribution is 5.93. The number of rotatable bonds is 4. The SMILES string of the molecule is CC1CCCN(C(=O)/C=C/c2cn(-c3ccccc3)nc2-c2ccccc2)C1. The van der Waals surface area contributed by atoms with Gasteiger partial charge in [-0.3, -0.25) is 4.79 Å². The molecular weight excluding hydrogens is 346 g/mol. The molecule has 4 rings (SSSR count). The van der Waals surface area contributed by atoms with Gasteiger partial charge in [0.2, 0.25) is 5.91 Å². The molecule has 1 amide bonds. The van der Waals surface area contributed by atoms with Crippen LogP contribution < -0.4 is 0 Å². The Kier molecular flexibility index (Phi) is 5.38. The minimum Gasteiger partial charge on any atom is -0.339 e. The van der Waals surface area contributed by atoms with Crippen LogP contribution in [0.2, 0.25) is 0 Å². The molecule has 0 N–H and O–H groups in total. The molecule has 3 aromatic rings. The molecule has 1 aromatic heterocycles. The Labute approximate surface area is 166 Å². The first-order chi connectivity index (χ1) is 13.7. The van der Waals surface area contributed by atoms with Gasteiger partial charge < -0.3 is 4.90 Å². The van der Waals surface area contributed by atoms with Gasteiger partial charge in [0.15, 0.2) is 0 Å². The molecule has 2 heterocycles. The third kappa shape index (κ3) is 4.06. The van der Waals surface area contributed by atoms with Crippen LogP contribution in [0.15, 0.2) is 72.9 Å². The molecule has 1 saturated heterocycles. The maximum absolute atomic E-state index is 12.7. The average Bonchev–Trinajstić information content (AvgIpc) is 3.17. The fourth-order valence-corrected chi connectivity index (χ4v) is 3.70. The lowest BCUT2D eigenvalue weighted by Gasteiger charge is -2.30. The van der Waals surface area contributed by atoms with Crippen LogP contribution in [0, 0.1) is 5.92 Å². The van der Waals surface area contributed by atoms with Crippen LogP contribution >= 0.6 is 0 Å². The first-order valence-corrected chi connectivity index (χ1v) is 9.88. The van der Waals surface area contributed by atoms with E-state index < -0.39 is 0 Å². The first-order valence-electron chi connectivity index (χ1n) is 9.88. The number of nitrogens with zero attached hydrogens (tertiary/aromatic N) is 3. The number of piperidine rings is 1. The van der Waals surface area contributed by atoms with Crippen molar-refractivity contribution >= 4 is 12.0 Å². The van der Waals surface area contributed by atoms with Crippen molar-refractivity contribution in [2.24, 2.45) is 5.92 Å². The fourth-order valence-electron chi connectivity index (χ4n) is 3.70. The molecule has 4 heteroatoms. The molecule has 0 aliphatic carbocycles. The van der Waals surface area contributed by atoms with Crippen LogP contribution in [-0.4, -0.2) is 33.7 Å². The van der Waals surface area contributed by atoms with Crippen LogP contribution in [0.4, 0.5) is 0 Å². The molecule has 1 aliphatic heterocycles. The van der Waals surface area contributed by atoms with Crippen LogP contribution in [0.3, 0.4) is 0 Å². The van der Waals surface area contributed by atoms with Crippen molar-refractivity contribution in [1.82, 2.24) is 14.7 Å². The summed E-state index contributed by atoms with van der Waals surface area (Å²) in [6.45, 7) is 3.90. The summed E-state index contributed by atoms with van der Waals surface area (Å²) in [6.07, 6.45) is 7.87. The van der Waals surface area contributed by atoms with Crippen LogP contribution in [-0.2, 0) is 4.79 Å². The number of hydrogen-bond donors (Lipinski definition) is 0. The third-order valence-corrected chi connectivity index (χ3v) is 5.18. The number of likely N-dealkylation sites (tertiary alicyclic amines) is 1. The van der Waals surface area contributed by atoms with E-state index in [0.29, 0.717) is 5.92 Å². The number of aromatic nitrogens is 2. The highest BCUT2D eigenvalue weighted by Gasteiger charge is 2.19. The zero-order valence-corrected chi connectivity index (χ0v) is 16.2. The highest BCUT2D eigenvalue weighted by Crippen LogP contribution is 2.25. The third-order valence-electron chi connectivity index (χ3n) is 5.18. The monoisotopic (exact) mass is 371 g/mol. The molecule has 0 saturated carbocycles. The van der Waals surface area contributed by atoms with Gasteiger partial charge >= 0.3 is 0 Å². The smallest absolute Gasteiger partial charge is 0.246 e. The normalized spacial score (nSPS) is 17.2. The topological polar surface area (TPSA) is 38.1 Å². The van der Waals surface area contributed by atoms with Gasteiger partial charge in [-0.2, -0.15) is 5.10 Å². The van der Waals surface area contributed by atoms with E-state index in [9.17, 15) is 4.79 Å². The quantitative estimate of drug-likeness (QED) is 0.617. The van der Waals surface area contributed by atoms with Gasteiger partial charge in [0.25, 0.3) is 0 Å². The summed E-state index contributed by atoms with van der Waals surface area (Å²) in [5.74, 6) is 0.657. The van der Waals surface area contributed by atoms with E-state index in [2.05, 4.69) is 6.92 Å². The zero-order chi connectivity index (χ0) is 19.3. The number of hydrogen-bond acceptors (Lipinski definition) is 2. The number of amides is 1. The van der Waals surface area contributed by atoms with Crippen molar-refractivity contribution in [3.8, 4) is 16.9 Å². The van der Waals surface area contributed by atoms with E-state index in [-0.39, 0.29) is 5.91 Å². The Bertz CT molecular complexity index is 960. The molecule has 1 atom stereocenters. The van der Waals surface area contributed by atoms with E-state index >= 15 is 0 Å². The van der Waals surface area contributed by atoms with Gasteiger partial charge in [-0.15, -0.1) is 0 Å². The van der Waals surface area contributed by atoms with Gasteiger partial charge in [-0.05, 0) is 37.0 Å². The predicted octanol–water partition coefficient (Wildman–Crippen LogP) is 4.81. The maximum Gasteiger partial charge on any atom is 0.246 e. The lowest BCUT2D eigenvalue weighted by Crippen LogP contribution is -2.38. The van der Waals surface area contributed by atoms with E-state index in [1.54, 1.807) is 6.08 Å². The number of benzene rings is 2. The summed E-state index contributed by atoms with van der Waals surface area (Å²) in [5.41, 5.74) is 3.85. The molecule has 2 aromatic carbocycles. The number of carbonyl (C=O) groups is 1. The second-order valence-electron chi connectivity index (χ2n) is 7.44. The molecular formula is C24H25N3O. The Morgan fingerprint density at radius 3 is 2.50 bits per heavy atom. The first kappa shape index (κ1) is 18.2. The molecule has 142 valence electrons. The Balaban J connectivity index is 1.65. The zero-order valence-electron chi connectivity index (χ0n) is 16.2. The lowest BCUT2D eigenvalue weighted by molar-refractivity contribution is -0.127. The summed E-state index contributed by atoms with van der Waals surface area (Å²) in [6, 6.07) is 20.1. The van der Waals surface area contributed by atoms with Crippen molar-refractivity contribution < 1.29 is 4.79 Å². The van der Waals surface area contributed by atoms with Crippen molar-refractivity contribution in [3.63, 3.8) is 0 Å². The van der Waals surface area contributed by atoms with E-state index in [0.717, 1.165) is 42.0 Å². The number of para-hydroxylation sites is 1. The summed E-state index contributed by atoms with van der Waals surface area (Å²) in [4.78, 5) is 14.6. The average molecular weight is 371 g/mol. The summed E-state index contributed by atoms with van der Waals surface area (Å²) >= 11 is 0. The van der Waals surface area contributed by atoms with Gasteiger partial charge in [0.1, 0.15) is 0 Å². The highest BCUT2D eigenvalue weighted by atomic mass is 16.2. The fraction of sp³-hybridized carbons (Fsp3) is 0.250. The second-order valence-corrected chi connectivity index (χ2v) is 7.44. The molecule has 0 bridgehead atoms. The molecule has 28 heavy (non-hydrogen) atoms. The van der Waals surface area contributed by atoms with E-state index in [4.69, 9.17) is 5.10 Å². The Hall–Kier alpha value is -3.14. The Morgan fingerprint density at radius 2 is 1.79 bits per heavy atom. The molecule has 1 aliphatic rings. The summed E-state index contributed by atoms with van der Waals surface area (Å²) in [5, 5.41) is 4.79. The molecule has 1 unspecified atom stereocenters. The van der Waals surface area contributed by atoms with Crippen molar-refractivity contribution in [2.75, 3.05) is 13.1 Å². The van der Waals surface area contributed by atoms with Crippen LogP contribution in [0.1, 0.15) is 25.3 Å². The number of carbonyl (C=O) groups excluding carboxylic acids is 1. The van der Waals surface area contributed by atoms with Crippen molar-refractivity contribution in [2.45, 2.75) is 19.8 Å². The minimum absolute atomic E-state index is 0.0815. The van der Waals surface area contributed by atoms with Gasteiger partial charge in [0, 0.05) is 36.5 Å². The van der Waals surface area contributed by atoms with Crippen molar-refractivity contribution in [1.29, 1.82) is 0 Å².